The van der Waals surface area contributed by atoms with Gasteiger partial charge < -0.3 is 5.11 Å². The summed E-state index contributed by atoms with van der Waals surface area (Å²) in [4.78, 5) is 0. The molecule has 1 atom stereocenters. The van der Waals surface area contributed by atoms with Crippen molar-refractivity contribution in [1.82, 2.24) is 0 Å². The molecule has 0 fully saturated rings. The molecule has 0 amide bonds. The Kier molecular flexibility index (Phi) is 6.86. The summed E-state index contributed by atoms with van der Waals surface area (Å²) in [5.74, 6) is 0.378. The van der Waals surface area contributed by atoms with E-state index in [9.17, 15) is 5.11 Å². The molecular weight excluding hydrogens is 244 g/mol. The predicted octanol–water partition coefficient (Wildman–Crippen LogP) is 5.39. The summed E-state index contributed by atoms with van der Waals surface area (Å²) in [5.41, 5.74) is 3.98. The van der Waals surface area contributed by atoms with Gasteiger partial charge in [0.1, 0.15) is 0 Å². The van der Waals surface area contributed by atoms with E-state index in [4.69, 9.17) is 0 Å². The molecule has 0 aliphatic heterocycles. The Hall–Kier alpha value is -1.76. The third kappa shape index (κ3) is 5.48. The Morgan fingerprint density at radius 1 is 1.20 bits per heavy atom. The van der Waals surface area contributed by atoms with Crippen molar-refractivity contribution in [3.8, 4) is 0 Å². The molecule has 1 aromatic rings. The minimum Gasteiger partial charge on any atom is -0.513 e. The summed E-state index contributed by atoms with van der Waals surface area (Å²) in [6, 6.07) is 8.68. The highest BCUT2D eigenvalue weighted by molar-refractivity contribution is 5.26. The molecule has 0 unspecified atom stereocenters. The second kappa shape index (κ2) is 8.42. The largest absolute Gasteiger partial charge is 0.513 e. The Balaban J connectivity index is 2.56. The van der Waals surface area contributed by atoms with E-state index in [-0.39, 0.29) is 11.7 Å². The summed E-state index contributed by atoms with van der Waals surface area (Å²) in [6.07, 6.45) is 9.40. The molecule has 0 bridgehead atoms. The van der Waals surface area contributed by atoms with Crippen molar-refractivity contribution in [2.75, 3.05) is 0 Å². The highest BCUT2D eigenvalue weighted by atomic mass is 16.3. The number of aliphatic hydroxyl groups is 1. The van der Waals surface area contributed by atoms with E-state index in [2.05, 4.69) is 62.9 Å². The topological polar surface area (TPSA) is 20.2 Å². The highest BCUT2D eigenvalue weighted by Crippen LogP contribution is 2.16. The summed E-state index contributed by atoms with van der Waals surface area (Å²) < 4.78 is 0. The number of allylic oxidation sites excluding steroid dienone is 5. The van der Waals surface area contributed by atoms with Gasteiger partial charge in [0.2, 0.25) is 0 Å². The molecule has 20 heavy (non-hydrogen) atoms. The normalized spacial score (nSPS) is 13.7. The van der Waals surface area contributed by atoms with E-state index in [1.807, 2.05) is 6.92 Å². The van der Waals surface area contributed by atoms with Crippen LogP contribution in [0.1, 0.15) is 38.3 Å². The fourth-order valence-electron chi connectivity index (χ4n) is 2.14. The van der Waals surface area contributed by atoms with Gasteiger partial charge in [-0.2, -0.15) is 0 Å². The number of hydrogen-bond donors (Lipinski definition) is 1. The fourth-order valence-corrected chi connectivity index (χ4v) is 2.14. The van der Waals surface area contributed by atoms with Crippen LogP contribution >= 0.6 is 0 Å². The first-order chi connectivity index (χ1) is 9.56. The third-order valence-corrected chi connectivity index (χ3v) is 3.59. The lowest BCUT2D eigenvalue weighted by molar-refractivity contribution is 0.342. The van der Waals surface area contributed by atoms with Crippen molar-refractivity contribution >= 4 is 0 Å². The Morgan fingerprint density at radius 2 is 1.80 bits per heavy atom. The van der Waals surface area contributed by atoms with Crippen LogP contribution in [0.4, 0.5) is 0 Å². The standard InChI is InChI=1S/C19H26O/c1-5-7-17(6-2)8-9-18-10-12-19(13-11-18)14-15(3)16(4)20/h5-7,10-13,15,20H,4,8-9,14H2,1-3H3/b7-5-,17-6+/t15-/m0/s1. The summed E-state index contributed by atoms with van der Waals surface area (Å²) in [6.45, 7) is 9.71. The van der Waals surface area contributed by atoms with Gasteiger partial charge in [0.05, 0.1) is 5.76 Å². The number of aryl methyl sites for hydroxylation is 1. The lowest BCUT2D eigenvalue weighted by Gasteiger charge is -2.10. The van der Waals surface area contributed by atoms with Gasteiger partial charge in [0, 0.05) is 5.92 Å². The van der Waals surface area contributed by atoms with E-state index < -0.39 is 0 Å². The average molecular weight is 270 g/mol. The number of hydrogen-bond acceptors (Lipinski definition) is 1. The quantitative estimate of drug-likeness (QED) is 0.520. The van der Waals surface area contributed by atoms with Crippen LogP contribution in [0.2, 0.25) is 0 Å². The van der Waals surface area contributed by atoms with Crippen molar-refractivity contribution in [2.45, 2.75) is 40.0 Å². The molecule has 0 radical (unpaired) electrons. The van der Waals surface area contributed by atoms with Crippen molar-refractivity contribution in [2.24, 2.45) is 5.92 Å². The zero-order valence-corrected chi connectivity index (χ0v) is 12.9. The zero-order chi connectivity index (χ0) is 15.0. The van der Waals surface area contributed by atoms with Crippen LogP contribution in [-0.4, -0.2) is 5.11 Å². The Bertz CT molecular complexity index is 477. The van der Waals surface area contributed by atoms with Crippen LogP contribution in [0.3, 0.4) is 0 Å². The van der Waals surface area contributed by atoms with Crippen LogP contribution < -0.4 is 0 Å². The molecule has 108 valence electrons. The van der Waals surface area contributed by atoms with E-state index in [0.29, 0.717) is 0 Å². The SMILES string of the molecule is C=C(O)[C@@H](C)Cc1ccc(CCC(/C=C\C)=C/C)cc1. The summed E-state index contributed by atoms with van der Waals surface area (Å²) >= 11 is 0. The molecule has 0 aliphatic rings. The van der Waals surface area contributed by atoms with Gasteiger partial charge in [-0.1, -0.05) is 61.6 Å². The molecule has 1 rings (SSSR count). The molecule has 0 aliphatic carbocycles. The lowest BCUT2D eigenvalue weighted by Crippen LogP contribution is -2.02. The van der Waals surface area contributed by atoms with Crippen LogP contribution in [0.5, 0.6) is 0 Å². The minimum atomic E-state index is 0.116. The van der Waals surface area contributed by atoms with Gasteiger partial charge >= 0.3 is 0 Å². The van der Waals surface area contributed by atoms with Crippen molar-refractivity contribution in [3.63, 3.8) is 0 Å². The van der Waals surface area contributed by atoms with Crippen LogP contribution in [0.25, 0.3) is 0 Å². The van der Waals surface area contributed by atoms with Gasteiger partial charge in [-0.3, -0.25) is 0 Å². The van der Waals surface area contributed by atoms with Crippen molar-refractivity contribution in [1.29, 1.82) is 0 Å². The maximum Gasteiger partial charge on any atom is 0.0882 e. The van der Waals surface area contributed by atoms with Crippen LogP contribution in [0.15, 0.2) is 60.4 Å². The van der Waals surface area contributed by atoms with Crippen LogP contribution in [-0.2, 0) is 12.8 Å². The number of aliphatic hydroxyl groups excluding tert-OH is 1. The predicted molar refractivity (Wildman–Crippen MR) is 88.0 cm³/mol. The van der Waals surface area contributed by atoms with E-state index in [1.54, 1.807) is 0 Å². The van der Waals surface area contributed by atoms with E-state index >= 15 is 0 Å². The molecule has 1 N–H and O–H groups in total. The first-order valence-electron chi connectivity index (χ1n) is 7.30. The Labute approximate surface area is 123 Å². The summed E-state index contributed by atoms with van der Waals surface area (Å²) in [7, 11) is 0. The molecule has 0 aromatic heterocycles. The smallest absolute Gasteiger partial charge is 0.0882 e. The Morgan fingerprint density at radius 3 is 2.30 bits per heavy atom. The molecular formula is C19H26O. The van der Waals surface area contributed by atoms with Gasteiger partial charge in [0.15, 0.2) is 0 Å². The summed E-state index contributed by atoms with van der Waals surface area (Å²) in [5, 5.41) is 9.35. The van der Waals surface area contributed by atoms with Crippen LogP contribution in [0, 0.1) is 5.92 Å². The zero-order valence-electron chi connectivity index (χ0n) is 12.9. The number of benzene rings is 1. The minimum absolute atomic E-state index is 0.116. The second-order valence-electron chi connectivity index (χ2n) is 5.28. The molecule has 1 aromatic carbocycles. The van der Waals surface area contributed by atoms with E-state index in [1.165, 1.54) is 16.7 Å². The molecule has 1 heteroatoms. The molecule has 0 saturated heterocycles. The third-order valence-electron chi connectivity index (χ3n) is 3.59. The maximum atomic E-state index is 9.35. The fraction of sp³-hybridized carbons (Fsp3) is 0.368. The molecule has 0 saturated carbocycles. The van der Waals surface area contributed by atoms with Gasteiger partial charge in [0.25, 0.3) is 0 Å². The first-order valence-corrected chi connectivity index (χ1v) is 7.30. The highest BCUT2D eigenvalue weighted by Gasteiger charge is 2.06. The maximum absolute atomic E-state index is 9.35. The first kappa shape index (κ1) is 16.3. The van der Waals surface area contributed by atoms with E-state index in [0.717, 1.165) is 19.3 Å². The average Bonchev–Trinajstić information content (AvgIpc) is 2.44. The molecule has 0 heterocycles. The van der Waals surface area contributed by atoms with Gasteiger partial charge in [-0.05, 0) is 44.2 Å². The molecule has 1 nitrogen and oxygen atoms in total. The lowest BCUT2D eigenvalue weighted by atomic mass is 9.97. The van der Waals surface area contributed by atoms with Crippen molar-refractivity contribution < 1.29 is 5.11 Å². The molecule has 0 spiro atoms. The van der Waals surface area contributed by atoms with Crippen molar-refractivity contribution in [3.05, 3.63) is 71.5 Å². The number of rotatable bonds is 7. The monoisotopic (exact) mass is 270 g/mol. The van der Waals surface area contributed by atoms with Gasteiger partial charge in [-0.15, -0.1) is 0 Å². The van der Waals surface area contributed by atoms with Gasteiger partial charge in [-0.25, -0.2) is 0 Å². The second-order valence-corrected chi connectivity index (χ2v) is 5.28.